The summed E-state index contributed by atoms with van der Waals surface area (Å²) in [5, 5.41) is 0. The largest absolute Gasteiger partial charge is 0.496 e. The van der Waals surface area contributed by atoms with E-state index < -0.39 is 5.54 Å². The second kappa shape index (κ2) is 6.54. The van der Waals surface area contributed by atoms with Gasteiger partial charge in [-0.2, -0.15) is 0 Å². The Morgan fingerprint density at radius 1 is 1.33 bits per heavy atom. The molecule has 0 aliphatic carbocycles. The number of nitrogens with zero attached hydrogens (tertiary/aromatic N) is 1. The lowest BCUT2D eigenvalue weighted by Gasteiger charge is -2.28. The van der Waals surface area contributed by atoms with Gasteiger partial charge in [-0.05, 0) is 48.7 Å². The lowest BCUT2D eigenvalue weighted by atomic mass is 9.85. The fourth-order valence-electron chi connectivity index (χ4n) is 2.29. The van der Waals surface area contributed by atoms with Gasteiger partial charge in [0.05, 0.1) is 24.5 Å². The van der Waals surface area contributed by atoms with Crippen LogP contribution in [0.2, 0.25) is 0 Å². The maximum absolute atomic E-state index is 13.0. The van der Waals surface area contributed by atoms with Crippen molar-refractivity contribution in [3.63, 3.8) is 0 Å². The van der Waals surface area contributed by atoms with Crippen molar-refractivity contribution in [2.45, 2.75) is 25.3 Å². The molecule has 2 rings (SSSR count). The first-order valence-electron chi connectivity index (χ1n) is 6.72. The van der Waals surface area contributed by atoms with Crippen molar-refractivity contribution < 1.29 is 9.13 Å². The number of halogens is 2. The fraction of sp³-hybridized carbons (Fsp3) is 0.312. The summed E-state index contributed by atoms with van der Waals surface area (Å²) in [7, 11) is 1.63. The van der Waals surface area contributed by atoms with Crippen LogP contribution in [0.3, 0.4) is 0 Å². The number of methoxy groups -OCH3 is 1. The molecule has 0 bridgehead atoms. The molecule has 0 fully saturated rings. The van der Waals surface area contributed by atoms with Gasteiger partial charge in [-0.15, -0.1) is 0 Å². The summed E-state index contributed by atoms with van der Waals surface area (Å²) < 4.78 is 19.4. The minimum Gasteiger partial charge on any atom is -0.496 e. The molecule has 0 aliphatic rings. The smallest absolute Gasteiger partial charge is 0.141 e. The molecule has 5 heteroatoms. The highest BCUT2D eigenvalue weighted by molar-refractivity contribution is 9.10. The number of hydrogen-bond donors (Lipinski definition) is 1. The first kappa shape index (κ1) is 15.9. The molecular formula is C16H18BrFN2O. The summed E-state index contributed by atoms with van der Waals surface area (Å²) in [6.45, 7) is 2.00. The van der Waals surface area contributed by atoms with Crippen LogP contribution in [0.25, 0.3) is 0 Å². The van der Waals surface area contributed by atoms with Crippen molar-refractivity contribution in [3.8, 4) is 5.75 Å². The number of rotatable bonds is 5. The molecule has 1 unspecified atom stereocenters. The third kappa shape index (κ3) is 3.60. The summed E-state index contributed by atoms with van der Waals surface area (Å²) in [6, 6.07) is 8.83. The van der Waals surface area contributed by atoms with Gasteiger partial charge in [0.25, 0.3) is 0 Å². The van der Waals surface area contributed by atoms with Crippen LogP contribution < -0.4 is 10.5 Å². The minimum absolute atomic E-state index is 0.364. The van der Waals surface area contributed by atoms with E-state index in [1.54, 1.807) is 13.2 Å². The van der Waals surface area contributed by atoms with Crippen LogP contribution in [0.15, 0.2) is 41.0 Å². The third-order valence-corrected chi connectivity index (χ3v) is 4.11. The van der Waals surface area contributed by atoms with E-state index in [4.69, 9.17) is 10.5 Å². The molecule has 21 heavy (non-hydrogen) atoms. The molecule has 0 radical (unpaired) electrons. The monoisotopic (exact) mass is 352 g/mol. The topological polar surface area (TPSA) is 48.1 Å². The number of pyridine rings is 1. The quantitative estimate of drug-likeness (QED) is 0.890. The van der Waals surface area contributed by atoms with Crippen LogP contribution in [0.5, 0.6) is 5.75 Å². The highest BCUT2D eigenvalue weighted by atomic mass is 79.9. The van der Waals surface area contributed by atoms with E-state index in [2.05, 4.69) is 20.9 Å². The average molecular weight is 353 g/mol. The molecule has 1 aromatic heterocycles. The maximum atomic E-state index is 13.0. The van der Waals surface area contributed by atoms with Gasteiger partial charge in [0.15, 0.2) is 0 Å². The maximum Gasteiger partial charge on any atom is 0.141 e. The number of aromatic nitrogens is 1. The first-order valence-corrected chi connectivity index (χ1v) is 7.51. The van der Waals surface area contributed by atoms with Crippen LogP contribution in [0.4, 0.5) is 4.39 Å². The molecule has 0 saturated heterocycles. The van der Waals surface area contributed by atoms with Crippen LogP contribution >= 0.6 is 15.9 Å². The number of benzene rings is 1. The summed E-state index contributed by atoms with van der Waals surface area (Å²) >= 11 is 3.46. The molecule has 2 N–H and O–H groups in total. The number of nitrogens with two attached hydrogens (primary N) is 1. The summed E-state index contributed by atoms with van der Waals surface area (Å²) in [5.41, 5.74) is 7.52. The summed E-state index contributed by atoms with van der Waals surface area (Å²) in [5.74, 6) is 0.417. The third-order valence-electron chi connectivity index (χ3n) is 3.62. The van der Waals surface area contributed by atoms with Gasteiger partial charge in [0.1, 0.15) is 11.6 Å². The Labute approximate surface area is 132 Å². The van der Waals surface area contributed by atoms with E-state index in [0.29, 0.717) is 18.5 Å². The van der Waals surface area contributed by atoms with Gasteiger partial charge < -0.3 is 10.5 Å². The number of ether oxygens (including phenoxy) is 1. The number of hydrogen-bond acceptors (Lipinski definition) is 3. The van der Waals surface area contributed by atoms with Crippen molar-refractivity contribution >= 4 is 15.9 Å². The van der Waals surface area contributed by atoms with Gasteiger partial charge >= 0.3 is 0 Å². The predicted molar refractivity (Wildman–Crippen MR) is 84.7 cm³/mol. The van der Waals surface area contributed by atoms with Crippen molar-refractivity contribution in [1.82, 2.24) is 4.98 Å². The lowest BCUT2D eigenvalue weighted by Crippen LogP contribution is -2.39. The Morgan fingerprint density at radius 2 is 2.10 bits per heavy atom. The SMILES string of the molecule is CCC(N)(Cc1cc(Br)ccc1OC)c1ccc(F)cn1. The van der Waals surface area contributed by atoms with E-state index in [0.717, 1.165) is 15.8 Å². The molecular weight excluding hydrogens is 335 g/mol. The molecule has 112 valence electrons. The zero-order valence-corrected chi connectivity index (χ0v) is 13.7. The Bertz CT molecular complexity index is 618. The van der Waals surface area contributed by atoms with Crippen molar-refractivity contribution in [2.75, 3.05) is 7.11 Å². The highest BCUT2D eigenvalue weighted by Gasteiger charge is 2.28. The molecule has 0 amide bonds. The summed E-state index contributed by atoms with van der Waals surface area (Å²) in [6.07, 6.45) is 2.44. The van der Waals surface area contributed by atoms with Gasteiger partial charge in [-0.1, -0.05) is 22.9 Å². The first-order chi connectivity index (χ1) is 9.98. The second-order valence-corrected chi connectivity index (χ2v) is 5.92. The molecule has 0 spiro atoms. The van der Waals surface area contributed by atoms with Crippen molar-refractivity contribution in [1.29, 1.82) is 0 Å². The van der Waals surface area contributed by atoms with E-state index in [-0.39, 0.29) is 5.82 Å². The molecule has 1 heterocycles. The Kier molecular flexibility index (Phi) is 4.96. The van der Waals surface area contributed by atoms with Crippen molar-refractivity contribution in [2.24, 2.45) is 5.73 Å². The molecule has 0 aliphatic heterocycles. The minimum atomic E-state index is -0.665. The Morgan fingerprint density at radius 3 is 2.67 bits per heavy atom. The second-order valence-electron chi connectivity index (χ2n) is 5.00. The highest BCUT2D eigenvalue weighted by Crippen LogP contribution is 2.31. The van der Waals surface area contributed by atoms with Crippen LogP contribution in [-0.2, 0) is 12.0 Å². The van der Waals surface area contributed by atoms with E-state index in [1.165, 1.54) is 12.3 Å². The molecule has 1 aromatic carbocycles. The van der Waals surface area contributed by atoms with Crippen molar-refractivity contribution in [3.05, 3.63) is 58.1 Å². The summed E-state index contributed by atoms with van der Waals surface area (Å²) in [4.78, 5) is 4.14. The van der Waals surface area contributed by atoms with Gasteiger partial charge in [-0.25, -0.2) is 4.39 Å². The van der Waals surface area contributed by atoms with E-state index in [1.807, 2.05) is 25.1 Å². The zero-order valence-electron chi connectivity index (χ0n) is 12.1. The normalized spacial score (nSPS) is 13.8. The Hall–Kier alpha value is -1.46. The van der Waals surface area contributed by atoms with Gasteiger partial charge in [-0.3, -0.25) is 4.98 Å². The lowest BCUT2D eigenvalue weighted by molar-refractivity contribution is 0.381. The molecule has 0 saturated carbocycles. The molecule has 2 aromatic rings. The fourth-order valence-corrected chi connectivity index (χ4v) is 2.70. The van der Waals surface area contributed by atoms with E-state index >= 15 is 0 Å². The van der Waals surface area contributed by atoms with Gasteiger partial charge in [0.2, 0.25) is 0 Å². The molecule has 1 atom stereocenters. The average Bonchev–Trinajstić information content (AvgIpc) is 2.48. The predicted octanol–water partition coefficient (Wildman–Crippen LogP) is 3.80. The van der Waals surface area contributed by atoms with Crippen LogP contribution in [0.1, 0.15) is 24.6 Å². The zero-order chi connectivity index (χ0) is 15.5. The van der Waals surface area contributed by atoms with E-state index in [9.17, 15) is 4.39 Å². The molecule has 3 nitrogen and oxygen atoms in total. The van der Waals surface area contributed by atoms with Crippen LogP contribution in [-0.4, -0.2) is 12.1 Å². The Balaban J connectivity index is 2.38. The van der Waals surface area contributed by atoms with Gasteiger partial charge in [0, 0.05) is 4.47 Å². The van der Waals surface area contributed by atoms with Crippen LogP contribution in [0, 0.1) is 5.82 Å². The standard InChI is InChI=1S/C16H18BrFN2O/c1-3-16(19,15-7-5-13(18)10-20-15)9-11-8-12(17)4-6-14(11)21-2/h4-8,10H,3,9,19H2,1-2H3.